The molecule has 0 aliphatic heterocycles. The Morgan fingerprint density at radius 2 is 2.26 bits per heavy atom. The van der Waals surface area contributed by atoms with Crippen LogP contribution in [0.4, 0.5) is 11.5 Å². The number of pyridine rings is 1. The first-order valence-corrected chi connectivity index (χ1v) is 6.29. The van der Waals surface area contributed by atoms with E-state index in [1.54, 1.807) is 12.4 Å². The molecule has 0 spiro atoms. The van der Waals surface area contributed by atoms with Crippen LogP contribution >= 0.6 is 0 Å². The van der Waals surface area contributed by atoms with Crippen LogP contribution in [0.15, 0.2) is 24.7 Å². The molecule has 0 aromatic carbocycles. The van der Waals surface area contributed by atoms with Gasteiger partial charge in [0.2, 0.25) is 5.88 Å². The van der Waals surface area contributed by atoms with E-state index in [0.717, 1.165) is 24.5 Å². The van der Waals surface area contributed by atoms with Gasteiger partial charge in [-0.15, -0.1) is 0 Å². The van der Waals surface area contributed by atoms with E-state index in [0.29, 0.717) is 11.6 Å². The van der Waals surface area contributed by atoms with Gasteiger partial charge in [-0.3, -0.25) is 0 Å². The highest BCUT2D eigenvalue weighted by Crippen LogP contribution is 2.21. The fourth-order valence-electron chi connectivity index (χ4n) is 1.61. The van der Waals surface area contributed by atoms with E-state index in [9.17, 15) is 0 Å². The molecule has 19 heavy (non-hydrogen) atoms. The second-order valence-electron chi connectivity index (χ2n) is 4.51. The summed E-state index contributed by atoms with van der Waals surface area (Å²) < 4.78 is 5.55. The first-order chi connectivity index (χ1) is 9.15. The molecule has 2 aromatic heterocycles. The number of rotatable bonds is 6. The first kappa shape index (κ1) is 13.2. The summed E-state index contributed by atoms with van der Waals surface area (Å²) in [4.78, 5) is 11.4. The Morgan fingerprint density at radius 3 is 2.95 bits per heavy atom. The minimum Gasteiger partial charge on any atom is -0.473 e. The minimum absolute atomic E-state index is 0.0510. The number of nitrogen functional groups attached to an aromatic ring is 1. The lowest BCUT2D eigenvalue weighted by Crippen LogP contribution is -2.11. The number of hydrogen-bond acceptors (Lipinski definition) is 5. The summed E-state index contributed by atoms with van der Waals surface area (Å²) in [5.41, 5.74) is 7.45. The zero-order valence-corrected chi connectivity index (χ0v) is 11.2. The summed E-state index contributed by atoms with van der Waals surface area (Å²) in [5.74, 6) is 1.23. The highest BCUT2D eigenvalue weighted by molar-refractivity contribution is 5.53. The van der Waals surface area contributed by atoms with Crippen molar-refractivity contribution in [2.75, 3.05) is 17.6 Å². The van der Waals surface area contributed by atoms with Crippen LogP contribution in [0.2, 0.25) is 0 Å². The zero-order chi connectivity index (χ0) is 13.7. The largest absolute Gasteiger partial charge is 0.473 e. The van der Waals surface area contributed by atoms with E-state index in [4.69, 9.17) is 10.5 Å². The third-order valence-corrected chi connectivity index (χ3v) is 2.49. The lowest BCUT2D eigenvalue weighted by atomic mass is 10.3. The zero-order valence-electron chi connectivity index (χ0n) is 11.2. The summed E-state index contributed by atoms with van der Waals surface area (Å²) in [6.45, 7) is 4.65. The van der Waals surface area contributed by atoms with E-state index in [2.05, 4.69) is 20.3 Å². The topological polar surface area (TPSA) is 88.8 Å². The van der Waals surface area contributed by atoms with Gasteiger partial charge in [0, 0.05) is 24.9 Å². The minimum atomic E-state index is 0.0510. The number of aromatic amines is 1. The van der Waals surface area contributed by atoms with Crippen molar-refractivity contribution in [1.29, 1.82) is 0 Å². The average molecular weight is 261 g/mol. The van der Waals surface area contributed by atoms with Crippen molar-refractivity contribution in [3.05, 3.63) is 30.4 Å². The van der Waals surface area contributed by atoms with E-state index in [-0.39, 0.29) is 6.10 Å². The van der Waals surface area contributed by atoms with Crippen LogP contribution in [-0.2, 0) is 6.42 Å². The van der Waals surface area contributed by atoms with Crippen molar-refractivity contribution < 1.29 is 4.74 Å². The van der Waals surface area contributed by atoms with Crippen LogP contribution in [0.1, 0.15) is 19.5 Å². The molecule has 4 N–H and O–H groups in total. The number of nitrogens with two attached hydrogens (primary N) is 1. The molecule has 0 unspecified atom stereocenters. The van der Waals surface area contributed by atoms with Crippen LogP contribution in [0, 0.1) is 0 Å². The molecule has 2 heterocycles. The van der Waals surface area contributed by atoms with Crippen molar-refractivity contribution in [2.24, 2.45) is 0 Å². The lowest BCUT2D eigenvalue weighted by molar-refractivity contribution is 0.234. The Hall–Kier alpha value is -2.24. The monoisotopic (exact) mass is 261 g/mol. The predicted octanol–water partition coefficient (Wildman–Crippen LogP) is 1.83. The third kappa shape index (κ3) is 3.87. The predicted molar refractivity (Wildman–Crippen MR) is 75.2 cm³/mol. The molecule has 0 radical (unpaired) electrons. The Kier molecular flexibility index (Phi) is 4.22. The Labute approximate surface area is 112 Å². The van der Waals surface area contributed by atoms with Gasteiger partial charge >= 0.3 is 0 Å². The van der Waals surface area contributed by atoms with Gasteiger partial charge < -0.3 is 20.8 Å². The van der Waals surface area contributed by atoms with Crippen molar-refractivity contribution in [1.82, 2.24) is 15.0 Å². The SMILES string of the molecule is CC(C)Oc1nc(NCCc2cnc[nH]2)ccc1N. The summed E-state index contributed by atoms with van der Waals surface area (Å²) in [5, 5.41) is 3.23. The normalized spacial score (nSPS) is 10.7. The fraction of sp³-hybridized carbons (Fsp3) is 0.385. The van der Waals surface area contributed by atoms with E-state index >= 15 is 0 Å². The van der Waals surface area contributed by atoms with Crippen molar-refractivity contribution >= 4 is 11.5 Å². The third-order valence-electron chi connectivity index (χ3n) is 2.49. The summed E-state index contributed by atoms with van der Waals surface area (Å²) in [6.07, 6.45) is 4.39. The number of H-pyrrole nitrogens is 1. The molecular weight excluding hydrogens is 242 g/mol. The molecule has 2 aromatic rings. The maximum Gasteiger partial charge on any atom is 0.239 e. The average Bonchev–Trinajstić information content (AvgIpc) is 2.86. The van der Waals surface area contributed by atoms with Gasteiger partial charge in [-0.05, 0) is 26.0 Å². The van der Waals surface area contributed by atoms with Crippen LogP contribution < -0.4 is 15.8 Å². The van der Waals surface area contributed by atoms with Crippen molar-refractivity contribution in [2.45, 2.75) is 26.4 Å². The molecule has 6 nitrogen and oxygen atoms in total. The number of imidazole rings is 1. The number of hydrogen-bond donors (Lipinski definition) is 3. The van der Waals surface area contributed by atoms with Crippen molar-refractivity contribution in [3.63, 3.8) is 0 Å². The van der Waals surface area contributed by atoms with E-state index in [1.165, 1.54) is 0 Å². The molecule has 2 rings (SSSR count). The fourth-order valence-corrected chi connectivity index (χ4v) is 1.61. The van der Waals surface area contributed by atoms with Gasteiger partial charge in [0.25, 0.3) is 0 Å². The van der Waals surface area contributed by atoms with E-state index in [1.807, 2.05) is 26.1 Å². The van der Waals surface area contributed by atoms with E-state index < -0.39 is 0 Å². The molecule has 0 atom stereocenters. The van der Waals surface area contributed by atoms with Crippen molar-refractivity contribution in [3.8, 4) is 5.88 Å². The Bertz CT molecular complexity index is 510. The first-order valence-electron chi connectivity index (χ1n) is 6.29. The Balaban J connectivity index is 1.93. The summed E-state index contributed by atoms with van der Waals surface area (Å²) in [6, 6.07) is 3.64. The van der Waals surface area contributed by atoms with Gasteiger partial charge in [-0.2, -0.15) is 4.98 Å². The number of anilines is 2. The number of ether oxygens (including phenoxy) is 1. The lowest BCUT2D eigenvalue weighted by Gasteiger charge is -2.12. The molecule has 102 valence electrons. The van der Waals surface area contributed by atoms with Gasteiger partial charge in [0.1, 0.15) is 5.82 Å². The van der Waals surface area contributed by atoms with Gasteiger partial charge in [-0.25, -0.2) is 4.98 Å². The molecule has 0 aliphatic carbocycles. The highest BCUT2D eigenvalue weighted by atomic mass is 16.5. The quantitative estimate of drug-likeness (QED) is 0.738. The Morgan fingerprint density at radius 1 is 1.42 bits per heavy atom. The second kappa shape index (κ2) is 6.08. The van der Waals surface area contributed by atoms with Gasteiger partial charge in [0.15, 0.2) is 0 Å². The van der Waals surface area contributed by atoms with Crippen LogP contribution in [0.25, 0.3) is 0 Å². The molecule has 0 saturated heterocycles. The molecule has 6 heteroatoms. The summed E-state index contributed by atoms with van der Waals surface area (Å²) >= 11 is 0. The smallest absolute Gasteiger partial charge is 0.239 e. The molecular formula is C13H19N5O. The number of nitrogens with one attached hydrogen (secondary N) is 2. The van der Waals surface area contributed by atoms with Gasteiger partial charge in [0.05, 0.1) is 18.1 Å². The molecule has 0 aliphatic rings. The highest BCUT2D eigenvalue weighted by Gasteiger charge is 2.06. The molecule has 0 saturated carbocycles. The number of nitrogens with zero attached hydrogens (tertiary/aromatic N) is 2. The van der Waals surface area contributed by atoms with Crippen LogP contribution in [0.3, 0.4) is 0 Å². The maximum atomic E-state index is 5.82. The number of aromatic nitrogens is 3. The molecule has 0 bridgehead atoms. The molecule has 0 fully saturated rings. The molecule has 0 amide bonds. The van der Waals surface area contributed by atoms with Crippen LogP contribution in [0.5, 0.6) is 5.88 Å². The maximum absolute atomic E-state index is 5.82. The van der Waals surface area contributed by atoms with Crippen LogP contribution in [-0.4, -0.2) is 27.6 Å². The standard InChI is InChI=1S/C13H19N5O/c1-9(2)19-13-11(14)3-4-12(18-13)16-6-5-10-7-15-8-17-10/h3-4,7-9H,5-6,14H2,1-2H3,(H,15,17)(H,16,18). The second-order valence-corrected chi connectivity index (χ2v) is 4.51. The summed E-state index contributed by atoms with van der Waals surface area (Å²) in [7, 11) is 0. The van der Waals surface area contributed by atoms with Gasteiger partial charge in [-0.1, -0.05) is 0 Å².